The van der Waals surface area contributed by atoms with Crippen molar-refractivity contribution in [2.45, 2.75) is 32.8 Å². The van der Waals surface area contributed by atoms with Gasteiger partial charge in [0.05, 0.1) is 6.54 Å². The van der Waals surface area contributed by atoms with Crippen LogP contribution in [-0.2, 0) is 4.74 Å². The molecular weight excluding hydrogens is 202 g/mol. The zero-order valence-electron chi connectivity index (χ0n) is 8.84. The SMILES string of the molecule is CC(C)(C)OC(=O)N1CCC=C(Cl)C1. The number of carbonyl (C=O) groups excluding carboxylic acids is 1. The number of rotatable bonds is 0. The molecule has 0 bridgehead atoms. The Balaban J connectivity index is 2.50. The van der Waals surface area contributed by atoms with Gasteiger partial charge in [0, 0.05) is 11.6 Å². The molecule has 0 N–H and O–H groups in total. The molecule has 14 heavy (non-hydrogen) atoms. The van der Waals surface area contributed by atoms with E-state index in [0.29, 0.717) is 18.1 Å². The zero-order valence-corrected chi connectivity index (χ0v) is 9.60. The first kappa shape index (κ1) is 11.4. The lowest BCUT2D eigenvalue weighted by molar-refractivity contribution is 0.0266. The quantitative estimate of drug-likeness (QED) is 0.625. The second-order valence-electron chi connectivity index (χ2n) is 4.34. The topological polar surface area (TPSA) is 29.5 Å². The monoisotopic (exact) mass is 217 g/mol. The Hall–Kier alpha value is -0.700. The lowest BCUT2D eigenvalue weighted by atomic mass is 10.2. The molecule has 0 saturated carbocycles. The maximum absolute atomic E-state index is 11.6. The maximum Gasteiger partial charge on any atom is 0.410 e. The van der Waals surface area contributed by atoms with Crippen molar-refractivity contribution in [3.8, 4) is 0 Å². The molecule has 1 aliphatic rings. The molecule has 0 aliphatic carbocycles. The van der Waals surface area contributed by atoms with Crippen LogP contribution in [0.2, 0.25) is 0 Å². The Morgan fingerprint density at radius 2 is 2.21 bits per heavy atom. The molecule has 0 radical (unpaired) electrons. The smallest absolute Gasteiger partial charge is 0.410 e. The van der Waals surface area contributed by atoms with Gasteiger partial charge >= 0.3 is 6.09 Å². The highest BCUT2D eigenvalue weighted by atomic mass is 35.5. The molecule has 0 fully saturated rings. The van der Waals surface area contributed by atoms with E-state index in [9.17, 15) is 4.79 Å². The van der Waals surface area contributed by atoms with Gasteiger partial charge in [-0.25, -0.2) is 4.79 Å². The van der Waals surface area contributed by atoms with Crippen LogP contribution >= 0.6 is 11.6 Å². The van der Waals surface area contributed by atoms with Gasteiger partial charge in [0.1, 0.15) is 5.60 Å². The summed E-state index contributed by atoms with van der Waals surface area (Å²) in [5.41, 5.74) is -0.440. The van der Waals surface area contributed by atoms with Crippen molar-refractivity contribution >= 4 is 17.7 Å². The maximum atomic E-state index is 11.6. The largest absolute Gasteiger partial charge is 0.444 e. The van der Waals surface area contributed by atoms with Crippen molar-refractivity contribution in [3.05, 3.63) is 11.1 Å². The Bertz CT molecular complexity index is 255. The van der Waals surface area contributed by atoms with E-state index < -0.39 is 5.60 Å². The fourth-order valence-electron chi connectivity index (χ4n) is 1.19. The van der Waals surface area contributed by atoms with Crippen molar-refractivity contribution < 1.29 is 9.53 Å². The van der Waals surface area contributed by atoms with Crippen LogP contribution in [0.15, 0.2) is 11.1 Å². The molecule has 0 aromatic heterocycles. The van der Waals surface area contributed by atoms with Crippen LogP contribution in [-0.4, -0.2) is 29.7 Å². The zero-order chi connectivity index (χ0) is 10.8. The predicted octanol–water partition coefficient (Wildman–Crippen LogP) is 2.75. The van der Waals surface area contributed by atoms with Gasteiger partial charge < -0.3 is 9.64 Å². The second-order valence-corrected chi connectivity index (χ2v) is 4.83. The summed E-state index contributed by atoms with van der Waals surface area (Å²) in [7, 11) is 0. The molecule has 1 heterocycles. The van der Waals surface area contributed by atoms with Crippen LogP contribution < -0.4 is 0 Å². The molecule has 0 aromatic carbocycles. The fourth-order valence-corrected chi connectivity index (χ4v) is 1.44. The molecule has 1 rings (SSSR count). The number of halogens is 1. The third-order valence-corrected chi connectivity index (χ3v) is 2.03. The summed E-state index contributed by atoms with van der Waals surface area (Å²) in [6.07, 6.45) is 2.45. The average molecular weight is 218 g/mol. The summed E-state index contributed by atoms with van der Waals surface area (Å²) in [4.78, 5) is 13.2. The van der Waals surface area contributed by atoms with Crippen LogP contribution in [0.3, 0.4) is 0 Å². The van der Waals surface area contributed by atoms with Crippen molar-refractivity contribution in [1.29, 1.82) is 0 Å². The summed E-state index contributed by atoms with van der Waals surface area (Å²) in [5, 5.41) is 0.710. The summed E-state index contributed by atoms with van der Waals surface area (Å²) < 4.78 is 5.23. The molecular formula is C10H16ClNO2. The van der Waals surface area contributed by atoms with Gasteiger partial charge in [-0.05, 0) is 27.2 Å². The molecule has 1 amide bonds. The van der Waals surface area contributed by atoms with E-state index in [1.54, 1.807) is 4.90 Å². The first-order valence-corrected chi connectivity index (χ1v) is 5.09. The Labute approximate surface area is 89.7 Å². The van der Waals surface area contributed by atoms with E-state index in [1.807, 2.05) is 26.8 Å². The minimum atomic E-state index is -0.440. The summed E-state index contributed by atoms with van der Waals surface area (Å²) in [6, 6.07) is 0. The molecule has 4 heteroatoms. The number of ether oxygens (including phenoxy) is 1. The standard InChI is InChI=1S/C10H16ClNO2/c1-10(2,3)14-9(13)12-6-4-5-8(11)7-12/h5H,4,6-7H2,1-3H3. The molecule has 0 saturated heterocycles. The van der Waals surface area contributed by atoms with Crippen molar-refractivity contribution in [1.82, 2.24) is 4.90 Å². The van der Waals surface area contributed by atoms with E-state index in [0.717, 1.165) is 6.42 Å². The highest BCUT2D eigenvalue weighted by molar-refractivity contribution is 6.30. The van der Waals surface area contributed by atoms with E-state index in [-0.39, 0.29) is 6.09 Å². The first-order valence-electron chi connectivity index (χ1n) is 4.71. The first-order chi connectivity index (χ1) is 6.38. The van der Waals surface area contributed by atoms with Gasteiger partial charge in [-0.2, -0.15) is 0 Å². The lowest BCUT2D eigenvalue weighted by Gasteiger charge is -2.28. The molecule has 0 unspecified atom stereocenters. The molecule has 0 aromatic rings. The Morgan fingerprint density at radius 3 is 2.71 bits per heavy atom. The van der Waals surface area contributed by atoms with Gasteiger partial charge in [0.15, 0.2) is 0 Å². The van der Waals surface area contributed by atoms with Crippen LogP contribution in [0.1, 0.15) is 27.2 Å². The minimum absolute atomic E-state index is 0.288. The number of nitrogens with zero attached hydrogens (tertiary/aromatic N) is 1. The van der Waals surface area contributed by atoms with Crippen LogP contribution in [0, 0.1) is 0 Å². The Kier molecular flexibility index (Phi) is 3.43. The molecule has 0 atom stereocenters. The van der Waals surface area contributed by atoms with Gasteiger partial charge in [0.2, 0.25) is 0 Å². The highest BCUT2D eigenvalue weighted by Crippen LogP contribution is 2.16. The average Bonchev–Trinajstić information content (AvgIpc) is 2.01. The second kappa shape index (κ2) is 4.22. The van der Waals surface area contributed by atoms with E-state index >= 15 is 0 Å². The van der Waals surface area contributed by atoms with Gasteiger partial charge in [-0.3, -0.25) is 0 Å². The fraction of sp³-hybridized carbons (Fsp3) is 0.700. The van der Waals surface area contributed by atoms with Crippen molar-refractivity contribution in [3.63, 3.8) is 0 Å². The number of carbonyl (C=O) groups is 1. The van der Waals surface area contributed by atoms with E-state index in [4.69, 9.17) is 16.3 Å². The molecule has 3 nitrogen and oxygen atoms in total. The van der Waals surface area contributed by atoms with Crippen LogP contribution in [0.5, 0.6) is 0 Å². The predicted molar refractivity (Wildman–Crippen MR) is 56.4 cm³/mol. The lowest BCUT2D eigenvalue weighted by Crippen LogP contribution is -2.39. The highest BCUT2D eigenvalue weighted by Gasteiger charge is 2.23. The van der Waals surface area contributed by atoms with E-state index in [1.165, 1.54) is 0 Å². The third-order valence-electron chi connectivity index (χ3n) is 1.76. The summed E-state index contributed by atoms with van der Waals surface area (Å²) in [6.45, 7) is 6.71. The molecule has 0 spiro atoms. The summed E-state index contributed by atoms with van der Waals surface area (Å²) >= 11 is 5.84. The normalized spacial score (nSPS) is 17.7. The number of amides is 1. The van der Waals surface area contributed by atoms with Crippen molar-refractivity contribution in [2.75, 3.05) is 13.1 Å². The summed E-state index contributed by atoms with van der Waals surface area (Å²) in [5.74, 6) is 0. The number of hydrogen-bond acceptors (Lipinski definition) is 2. The Morgan fingerprint density at radius 1 is 1.57 bits per heavy atom. The van der Waals surface area contributed by atoms with Gasteiger partial charge in [-0.1, -0.05) is 17.7 Å². The molecule has 1 aliphatic heterocycles. The van der Waals surface area contributed by atoms with Gasteiger partial charge in [0.25, 0.3) is 0 Å². The van der Waals surface area contributed by atoms with Crippen LogP contribution in [0.25, 0.3) is 0 Å². The van der Waals surface area contributed by atoms with Crippen molar-refractivity contribution in [2.24, 2.45) is 0 Å². The minimum Gasteiger partial charge on any atom is -0.444 e. The van der Waals surface area contributed by atoms with E-state index in [2.05, 4.69) is 0 Å². The van der Waals surface area contributed by atoms with Crippen LogP contribution in [0.4, 0.5) is 4.79 Å². The third kappa shape index (κ3) is 3.58. The molecule has 80 valence electrons. The van der Waals surface area contributed by atoms with Gasteiger partial charge in [-0.15, -0.1) is 0 Å². The number of hydrogen-bond donors (Lipinski definition) is 0.